The van der Waals surface area contributed by atoms with Crippen molar-refractivity contribution in [3.63, 3.8) is 0 Å². The van der Waals surface area contributed by atoms with Crippen LogP contribution in [-0.2, 0) is 23.0 Å². The fourth-order valence-electron chi connectivity index (χ4n) is 1.87. The normalized spacial score (nSPS) is 10.0. The van der Waals surface area contributed by atoms with Crippen LogP contribution in [0, 0.1) is 6.92 Å². The Morgan fingerprint density at radius 3 is 2.59 bits per heavy atom. The molecule has 22 heavy (non-hydrogen) atoms. The Balaban J connectivity index is 0.00000242. The third-order valence-corrected chi connectivity index (χ3v) is 4.64. The molecule has 0 fully saturated rings. The largest absolute Gasteiger partial charge is 1.00 e. The molecule has 1 heterocycles. The van der Waals surface area contributed by atoms with E-state index in [0.717, 1.165) is 21.4 Å². The summed E-state index contributed by atoms with van der Waals surface area (Å²) in [6, 6.07) is 7.51. The topological polar surface area (TPSA) is 42.2 Å². The summed E-state index contributed by atoms with van der Waals surface area (Å²) in [4.78, 5) is 12.6. The van der Waals surface area contributed by atoms with Crippen LogP contribution in [-0.4, -0.2) is 12.6 Å². The van der Waals surface area contributed by atoms with Crippen molar-refractivity contribution >= 4 is 39.7 Å². The Hall–Kier alpha value is -0.860. The minimum atomic E-state index is -0.194. The van der Waals surface area contributed by atoms with E-state index < -0.39 is 0 Å². The number of hydrogen-bond donors (Lipinski definition) is 1. The number of carbonyl (C=O) groups excluding carboxylic acids is 1. The molecule has 4 nitrogen and oxygen atoms in total. The van der Waals surface area contributed by atoms with Crippen LogP contribution in [0.3, 0.4) is 0 Å². The minimum absolute atomic E-state index is 0. The molecule has 1 N–H and O–H groups in total. The molecule has 0 spiro atoms. The molecule has 0 saturated heterocycles. The summed E-state index contributed by atoms with van der Waals surface area (Å²) in [6.45, 7) is 4.22. The van der Waals surface area contributed by atoms with Gasteiger partial charge in [-0.3, -0.25) is 4.79 Å². The molecule has 7 heteroatoms. The highest BCUT2D eigenvalue weighted by Gasteiger charge is 2.20. The van der Waals surface area contributed by atoms with Gasteiger partial charge in [0, 0.05) is 5.02 Å². The lowest BCUT2D eigenvalue weighted by atomic mass is 10.3. The van der Waals surface area contributed by atoms with Crippen molar-refractivity contribution in [1.29, 1.82) is 0 Å². The number of anilines is 2. The number of nitrogens with one attached hydrogen (secondary N) is 1. The van der Waals surface area contributed by atoms with Crippen molar-refractivity contribution in [1.82, 2.24) is 0 Å². The van der Waals surface area contributed by atoms with Gasteiger partial charge < -0.3 is 28.7 Å². The highest BCUT2D eigenvalue weighted by molar-refractivity contribution is 7.15. The number of benzene rings is 1. The number of esters is 1. The predicted octanol–water partition coefficient (Wildman–Crippen LogP) is 0.388. The molecular formula is C15H18ClIN2O2S. The van der Waals surface area contributed by atoms with E-state index in [9.17, 15) is 4.79 Å². The number of thiazole rings is 1. The highest BCUT2D eigenvalue weighted by atomic mass is 127. The number of hydrogen-bond acceptors (Lipinski definition) is 4. The number of carbonyl (C=O) groups is 1. The number of rotatable bonds is 5. The number of aromatic nitrogens is 1. The molecular weight excluding hydrogens is 435 g/mol. The Labute approximate surface area is 156 Å². The summed E-state index contributed by atoms with van der Waals surface area (Å²) in [7, 11) is 1.97. The molecule has 2 aromatic rings. The number of nitrogens with zero attached hydrogens (tertiary/aromatic N) is 1. The standard InChI is InChI=1S/C15H17ClN2O2S.HI/c1-4-20-14(19)9-13-10(2)18(3)15(21-13)17-12-7-5-11(16)6-8-12;/h5-8H,4,9H2,1-3H3;1H. The van der Waals surface area contributed by atoms with E-state index in [-0.39, 0.29) is 29.9 Å². The lowest BCUT2D eigenvalue weighted by molar-refractivity contribution is -0.659. The molecule has 0 amide bonds. The van der Waals surface area contributed by atoms with Crippen molar-refractivity contribution in [3.05, 3.63) is 39.9 Å². The van der Waals surface area contributed by atoms with E-state index in [1.54, 1.807) is 11.3 Å². The van der Waals surface area contributed by atoms with Crippen molar-refractivity contribution in [2.45, 2.75) is 20.3 Å². The molecule has 0 aliphatic rings. The van der Waals surface area contributed by atoms with Gasteiger partial charge in [0.2, 0.25) is 0 Å². The van der Waals surface area contributed by atoms with Crippen LogP contribution in [0.15, 0.2) is 24.3 Å². The Morgan fingerprint density at radius 2 is 2.00 bits per heavy atom. The first-order valence-electron chi connectivity index (χ1n) is 6.67. The zero-order valence-electron chi connectivity index (χ0n) is 12.7. The first-order valence-corrected chi connectivity index (χ1v) is 7.87. The van der Waals surface area contributed by atoms with Gasteiger partial charge in [-0.05, 0) is 38.1 Å². The molecule has 1 aromatic carbocycles. The lowest BCUT2D eigenvalue weighted by Crippen LogP contribution is -3.00. The van der Waals surface area contributed by atoms with Gasteiger partial charge in [0.15, 0.2) is 0 Å². The lowest BCUT2D eigenvalue weighted by Gasteiger charge is -1.99. The molecule has 0 bridgehead atoms. The molecule has 2 rings (SSSR count). The predicted molar refractivity (Wildman–Crippen MR) is 85.3 cm³/mol. The van der Waals surface area contributed by atoms with Gasteiger partial charge in [-0.15, -0.1) is 0 Å². The van der Waals surface area contributed by atoms with Crippen LogP contribution in [0.1, 0.15) is 17.5 Å². The molecule has 0 aliphatic heterocycles. The molecule has 0 aliphatic carbocycles. The summed E-state index contributed by atoms with van der Waals surface area (Å²) < 4.78 is 7.04. The molecule has 0 saturated carbocycles. The van der Waals surface area contributed by atoms with Crippen LogP contribution in [0.2, 0.25) is 5.02 Å². The van der Waals surface area contributed by atoms with Crippen LogP contribution in [0.4, 0.5) is 10.8 Å². The third-order valence-electron chi connectivity index (χ3n) is 3.14. The smallest absolute Gasteiger partial charge is 0.339 e. The van der Waals surface area contributed by atoms with Crippen LogP contribution in [0.25, 0.3) is 0 Å². The second-order valence-electron chi connectivity index (χ2n) is 4.59. The Morgan fingerprint density at radius 1 is 1.36 bits per heavy atom. The summed E-state index contributed by atoms with van der Waals surface area (Å²) in [6.07, 6.45) is 0.306. The minimum Gasteiger partial charge on any atom is -1.00 e. The number of ether oxygens (including phenoxy) is 1. The Kier molecular flexibility index (Phi) is 7.58. The van der Waals surface area contributed by atoms with Crippen molar-refractivity contribution in [3.8, 4) is 0 Å². The molecule has 0 atom stereocenters. The van der Waals surface area contributed by atoms with Gasteiger partial charge in [0.25, 0.3) is 0 Å². The third kappa shape index (κ3) is 4.82. The molecule has 1 aromatic heterocycles. The average molecular weight is 453 g/mol. The second-order valence-corrected chi connectivity index (χ2v) is 6.11. The highest BCUT2D eigenvalue weighted by Crippen LogP contribution is 2.25. The quantitative estimate of drug-likeness (QED) is 0.405. The second kappa shape index (κ2) is 8.69. The molecule has 0 radical (unpaired) electrons. The average Bonchev–Trinajstić information content (AvgIpc) is 2.70. The van der Waals surface area contributed by atoms with E-state index in [1.807, 2.05) is 49.7 Å². The van der Waals surface area contributed by atoms with E-state index >= 15 is 0 Å². The molecule has 120 valence electrons. The van der Waals surface area contributed by atoms with E-state index in [2.05, 4.69) is 5.32 Å². The zero-order chi connectivity index (χ0) is 15.4. The van der Waals surface area contributed by atoms with E-state index in [1.165, 1.54) is 0 Å². The summed E-state index contributed by atoms with van der Waals surface area (Å²) in [5, 5.41) is 5.01. The van der Waals surface area contributed by atoms with Crippen LogP contribution >= 0.6 is 22.9 Å². The monoisotopic (exact) mass is 452 g/mol. The van der Waals surface area contributed by atoms with Crippen molar-refractivity contribution in [2.75, 3.05) is 11.9 Å². The SMILES string of the molecule is CCOC(=O)Cc1sc(Nc2ccc(Cl)cc2)[n+](C)c1C.[I-]. The van der Waals surface area contributed by atoms with Gasteiger partial charge in [-0.1, -0.05) is 22.9 Å². The fourth-order valence-corrected chi connectivity index (χ4v) is 3.15. The fraction of sp³-hybridized carbons (Fsp3) is 0.333. The first-order chi connectivity index (χ1) is 10.0. The van der Waals surface area contributed by atoms with Crippen molar-refractivity contribution < 1.29 is 38.1 Å². The van der Waals surface area contributed by atoms with Crippen LogP contribution in [0.5, 0.6) is 0 Å². The Bertz CT molecular complexity index is 644. The van der Waals surface area contributed by atoms with Gasteiger partial charge in [-0.2, -0.15) is 0 Å². The van der Waals surface area contributed by atoms with Crippen LogP contribution < -0.4 is 33.9 Å². The summed E-state index contributed by atoms with van der Waals surface area (Å²) in [5.41, 5.74) is 2.02. The van der Waals surface area contributed by atoms with Gasteiger partial charge in [0.1, 0.15) is 11.4 Å². The maximum Gasteiger partial charge on any atom is 0.339 e. The van der Waals surface area contributed by atoms with Gasteiger partial charge >= 0.3 is 11.1 Å². The molecule has 0 unspecified atom stereocenters. The van der Waals surface area contributed by atoms with Gasteiger partial charge in [-0.25, -0.2) is 9.88 Å². The van der Waals surface area contributed by atoms with Gasteiger partial charge in [0.05, 0.1) is 25.0 Å². The number of halogens is 2. The maximum absolute atomic E-state index is 11.6. The maximum atomic E-state index is 11.6. The summed E-state index contributed by atoms with van der Waals surface area (Å²) >= 11 is 7.44. The van der Waals surface area contributed by atoms with E-state index in [0.29, 0.717) is 18.1 Å². The first kappa shape index (κ1) is 19.2. The summed E-state index contributed by atoms with van der Waals surface area (Å²) in [5.74, 6) is -0.194. The van der Waals surface area contributed by atoms with E-state index in [4.69, 9.17) is 16.3 Å². The zero-order valence-corrected chi connectivity index (χ0v) is 16.4. The van der Waals surface area contributed by atoms with Crippen molar-refractivity contribution in [2.24, 2.45) is 7.05 Å².